The Balaban J connectivity index is 1.25. The highest BCUT2D eigenvalue weighted by Gasteiger charge is 2.20. The molecule has 1 saturated carbocycles. The molecule has 3 aromatic rings. The first-order valence-corrected chi connectivity index (χ1v) is 13.0. The fourth-order valence-corrected chi connectivity index (χ4v) is 5.08. The summed E-state index contributed by atoms with van der Waals surface area (Å²) in [6.45, 7) is 4.25. The van der Waals surface area contributed by atoms with Crippen molar-refractivity contribution in [2.45, 2.75) is 64.7 Å². The zero-order chi connectivity index (χ0) is 24.6. The third kappa shape index (κ3) is 6.39. The molecule has 0 N–H and O–H groups in total. The van der Waals surface area contributed by atoms with Gasteiger partial charge in [-0.25, -0.2) is 4.39 Å². The van der Waals surface area contributed by atoms with E-state index in [0.29, 0.717) is 24.0 Å². The molecule has 0 amide bonds. The van der Waals surface area contributed by atoms with Crippen molar-refractivity contribution in [3.8, 4) is 16.9 Å². The monoisotopic (exact) mass is 474 g/mol. The van der Waals surface area contributed by atoms with E-state index in [9.17, 15) is 8.78 Å². The molecule has 3 heteroatoms. The van der Waals surface area contributed by atoms with Gasteiger partial charge >= 0.3 is 0 Å². The number of aryl methyl sites for hydroxylation is 2. The van der Waals surface area contributed by atoms with Crippen LogP contribution in [0.1, 0.15) is 68.6 Å². The first-order chi connectivity index (χ1) is 17.1. The smallest absolute Gasteiger partial charge is 0.201 e. The van der Waals surface area contributed by atoms with Gasteiger partial charge in [0.15, 0.2) is 11.6 Å². The molecule has 1 aliphatic rings. The highest BCUT2D eigenvalue weighted by Crippen LogP contribution is 2.36. The van der Waals surface area contributed by atoms with Crippen LogP contribution in [0, 0.1) is 17.6 Å². The molecule has 1 fully saturated rings. The minimum atomic E-state index is -0.929. The van der Waals surface area contributed by atoms with Crippen molar-refractivity contribution in [1.82, 2.24) is 0 Å². The third-order valence-electron chi connectivity index (χ3n) is 7.25. The average Bonchev–Trinajstić information content (AvgIpc) is 2.90. The van der Waals surface area contributed by atoms with Crippen LogP contribution in [0.3, 0.4) is 0 Å². The number of rotatable bonds is 9. The van der Waals surface area contributed by atoms with E-state index in [1.165, 1.54) is 48.4 Å². The molecule has 0 bridgehead atoms. The Hall–Kier alpha value is -2.94. The number of benzene rings is 3. The van der Waals surface area contributed by atoms with Crippen LogP contribution >= 0.6 is 0 Å². The first kappa shape index (κ1) is 25.2. The fraction of sp³-hybridized carbons (Fsp3) is 0.375. The average molecular weight is 475 g/mol. The maximum absolute atomic E-state index is 14.5. The second-order valence-electron chi connectivity index (χ2n) is 9.54. The molecule has 4 rings (SSSR count). The van der Waals surface area contributed by atoms with E-state index in [-0.39, 0.29) is 11.3 Å². The van der Waals surface area contributed by atoms with Gasteiger partial charge in [-0.2, -0.15) is 4.39 Å². The molecule has 0 aromatic heterocycles. The van der Waals surface area contributed by atoms with Gasteiger partial charge in [0.1, 0.15) is 0 Å². The van der Waals surface area contributed by atoms with Crippen LogP contribution < -0.4 is 4.74 Å². The van der Waals surface area contributed by atoms with Gasteiger partial charge in [-0.3, -0.25) is 0 Å². The molecular formula is C32H36F2O. The minimum Gasteiger partial charge on any atom is -0.491 e. The Morgan fingerprint density at radius 1 is 0.800 bits per heavy atom. The van der Waals surface area contributed by atoms with E-state index in [0.717, 1.165) is 19.3 Å². The Labute approximate surface area is 208 Å². The SMILES string of the molecule is CCOc1ccc(-c2ccc(CCC=CC3CCC(c4ccc(CC)cc4)CC3)cc2)c(F)c1F. The summed E-state index contributed by atoms with van der Waals surface area (Å²) in [6, 6.07) is 20.0. The van der Waals surface area contributed by atoms with Gasteiger partial charge in [0.25, 0.3) is 0 Å². The van der Waals surface area contributed by atoms with Crippen LogP contribution in [0.25, 0.3) is 11.1 Å². The van der Waals surface area contributed by atoms with E-state index >= 15 is 0 Å². The number of hydrogen-bond donors (Lipinski definition) is 0. The Morgan fingerprint density at radius 2 is 1.49 bits per heavy atom. The second-order valence-corrected chi connectivity index (χ2v) is 9.54. The van der Waals surface area contributed by atoms with Gasteiger partial charge in [0.2, 0.25) is 5.82 Å². The van der Waals surface area contributed by atoms with Gasteiger partial charge < -0.3 is 4.74 Å². The Bertz CT molecular complexity index is 1110. The molecule has 184 valence electrons. The fourth-order valence-electron chi connectivity index (χ4n) is 5.08. The maximum Gasteiger partial charge on any atom is 0.201 e. The summed E-state index contributed by atoms with van der Waals surface area (Å²) in [4.78, 5) is 0. The highest BCUT2D eigenvalue weighted by molar-refractivity contribution is 5.65. The third-order valence-corrected chi connectivity index (χ3v) is 7.25. The lowest BCUT2D eigenvalue weighted by molar-refractivity contribution is 0.314. The Morgan fingerprint density at radius 3 is 2.14 bits per heavy atom. The number of ether oxygens (including phenoxy) is 1. The van der Waals surface area contributed by atoms with Crippen LogP contribution in [-0.4, -0.2) is 6.61 Å². The summed E-state index contributed by atoms with van der Waals surface area (Å²) in [5, 5.41) is 0. The lowest BCUT2D eigenvalue weighted by atomic mass is 9.78. The van der Waals surface area contributed by atoms with Crippen molar-refractivity contribution in [1.29, 1.82) is 0 Å². The molecule has 0 aliphatic heterocycles. The predicted octanol–water partition coefficient (Wildman–Crippen LogP) is 9.06. The number of allylic oxidation sites excluding steroid dienone is 2. The van der Waals surface area contributed by atoms with Crippen molar-refractivity contribution < 1.29 is 13.5 Å². The quantitative estimate of drug-likeness (QED) is 0.281. The van der Waals surface area contributed by atoms with Crippen molar-refractivity contribution >= 4 is 0 Å². The summed E-state index contributed by atoms with van der Waals surface area (Å²) in [5.41, 5.74) is 5.04. The molecule has 0 heterocycles. The first-order valence-electron chi connectivity index (χ1n) is 13.0. The summed E-state index contributed by atoms with van der Waals surface area (Å²) >= 11 is 0. The minimum absolute atomic E-state index is 0.0451. The van der Waals surface area contributed by atoms with Crippen LogP contribution in [-0.2, 0) is 12.8 Å². The highest BCUT2D eigenvalue weighted by atomic mass is 19.2. The summed E-state index contributed by atoms with van der Waals surface area (Å²) in [5.74, 6) is -0.448. The maximum atomic E-state index is 14.5. The number of hydrogen-bond acceptors (Lipinski definition) is 1. The molecule has 0 unspecified atom stereocenters. The summed E-state index contributed by atoms with van der Waals surface area (Å²) in [6.07, 6.45) is 12.8. The van der Waals surface area contributed by atoms with E-state index in [1.54, 1.807) is 13.0 Å². The van der Waals surface area contributed by atoms with Gasteiger partial charge in [0.05, 0.1) is 6.61 Å². The van der Waals surface area contributed by atoms with Crippen molar-refractivity contribution in [2.75, 3.05) is 6.61 Å². The molecule has 0 saturated heterocycles. The van der Waals surface area contributed by atoms with E-state index < -0.39 is 11.6 Å². The summed E-state index contributed by atoms with van der Waals surface area (Å²) in [7, 11) is 0. The molecule has 1 aliphatic carbocycles. The molecule has 0 radical (unpaired) electrons. The molecule has 3 aromatic carbocycles. The van der Waals surface area contributed by atoms with E-state index in [1.807, 2.05) is 24.3 Å². The second kappa shape index (κ2) is 12.2. The van der Waals surface area contributed by atoms with Crippen LogP contribution in [0.5, 0.6) is 5.75 Å². The molecule has 0 spiro atoms. The van der Waals surface area contributed by atoms with Crippen LogP contribution in [0.15, 0.2) is 72.8 Å². The van der Waals surface area contributed by atoms with E-state index in [2.05, 4.69) is 43.3 Å². The predicted molar refractivity (Wildman–Crippen MR) is 141 cm³/mol. The van der Waals surface area contributed by atoms with Gasteiger partial charge in [-0.05, 0) is 98.1 Å². The van der Waals surface area contributed by atoms with Crippen LogP contribution in [0.4, 0.5) is 8.78 Å². The van der Waals surface area contributed by atoms with Crippen molar-refractivity contribution in [2.24, 2.45) is 5.92 Å². The topological polar surface area (TPSA) is 9.23 Å². The van der Waals surface area contributed by atoms with Crippen molar-refractivity contribution in [3.63, 3.8) is 0 Å². The normalized spacial score (nSPS) is 18.2. The van der Waals surface area contributed by atoms with Crippen molar-refractivity contribution in [3.05, 3.63) is 101 Å². The lowest BCUT2D eigenvalue weighted by Gasteiger charge is -2.27. The standard InChI is InChI=1S/C32H36F2O/c1-3-23-9-15-26(16-10-23)27-17-11-24(12-18-27)7-5-6-8-25-13-19-28(20-14-25)29-21-22-30(35-4-2)32(34)31(29)33/h5,7,9-10,13-16,19-22,24,27H,3-4,6,8,11-12,17-18H2,1-2H3. The Kier molecular flexibility index (Phi) is 8.74. The van der Waals surface area contributed by atoms with Gasteiger partial charge in [-0.15, -0.1) is 0 Å². The molecule has 35 heavy (non-hydrogen) atoms. The zero-order valence-corrected chi connectivity index (χ0v) is 20.9. The van der Waals surface area contributed by atoms with Gasteiger partial charge in [-0.1, -0.05) is 67.6 Å². The lowest BCUT2D eigenvalue weighted by Crippen LogP contribution is -2.11. The summed E-state index contributed by atoms with van der Waals surface area (Å²) < 4.78 is 33.8. The van der Waals surface area contributed by atoms with Crippen LogP contribution in [0.2, 0.25) is 0 Å². The molecule has 1 nitrogen and oxygen atoms in total. The largest absolute Gasteiger partial charge is 0.491 e. The van der Waals surface area contributed by atoms with Gasteiger partial charge in [0, 0.05) is 5.56 Å². The zero-order valence-electron chi connectivity index (χ0n) is 20.9. The van der Waals surface area contributed by atoms with E-state index in [4.69, 9.17) is 4.74 Å². The molecular weight excluding hydrogens is 438 g/mol. The number of halogens is 2. The molecule has 0 atom stereocenters.